The summed E-state index contributed by atoms with van der Waals surface area (Å²) < 4.78 is 24.4. The fourth-order valence-electron chi connectivity index (χ4n) is 1.99. The van der Waals surface area contributed by atoms with E-state index in [1.54, 1.807) is 5.01 Å². The number of nitrogen functional groups attached to an aromatic ring is 1. The van der Waals surface area contributed by atoms with Crippen LogP contribution in [0.2, 0.25) is 0 Å². The van der Waals surface area contributed by atoms with Crippen LogP contribution in [-0.4, -0.2) is 56.5 Å². The van der Waals surface area contributed by atoms with Gasteiger partial charge in [-0.25, -0.2) is 13.4 Å². The molecule has 0 spiro atoms. The lowest BCUT2D eigenvalue weighted by molar-refractivity contribution is -0.383. The molecule has 0 saturated carbocycles. The van der Waals surface area contributed by atoms with E-state index >= 15 is 0 Å². The van der Waals surface area contributed by atoms with E-state index in [1.807, 2.05) is 7.05 Å². The van der Waals surface area contributed by atoms with Crippen LogP contribution in [0.5, 0.6) is 0 Å². The Bertz CT molecular complexity index is 640. The Hall–Kier alpha value is -1.75. The highest BCUT2D eigenvalue weighted by atomic mass is 32.2. The van der Waals surface area contributed by atoms with Crippen molar-refractivity contribution in [1.82, 2.24) is 14.7 Å². The van der Waals surface area contributed by atoms with Gasteiger partial charge in [0.05, 0.1) is 9.82 Å². The maximum atomic E-state index is 12.2. The van der Waals surface area contributed by atoms with Gasteiger partial charge in [0.15, 0.2) is 0 Å². The number of sulfonamides is 1. The first-order valence-electron chi connectivity index (χ1n) is 6.29. The molecule has 0 radical (unpaired) electrons. The van der Waals surface area contributed by atoms with E-state index in [4.69, 9.17) is 5.73 Å². The summed E-state index contributed by atoms with van der Waals surface area (Å²) in [5.74, 6) is 0. The molecule has 1 aliphatic rings. The summed E-state index contributed by atoms with van der Waals surface area (Å²) in [6.07, 6.45) is 0. The molecular weight excluding hydrogens is 298 g/mol. The third kappa shape index (κ3) is 3.67. The number of nitrogens with zero attached hydrogens (tertiary/aromatic N) is 3. The van der Waals surface area contributed by atoms with Gasteiger partial charge in [0, 0.05) is 32.2 Å². The number of nitro groups is 1. The molecular formula is C11H17N5O4S. The van der Waals surface area contributed by atoms with Crippen molar-refractivity contribution in [2.24, 2.45) is 0 Å². The Labute approximate surface area is 122 Å². The van der Waals surface area contributed by atoms with E-state index < -0.39 is 14.9 Å². The molecule has 2 rings (SSSR count). The van der Waals surface area contributed by atoms with E-state index in [9.17, 15) is 18.5 Å². The van der Waals surface area contributed by atoms with Gasteiger partial charge in [-0.1, -0.05) is 0 Å². The Morgan fingerprint density at radius 3 is 2.43 bits per heavy atom. The van der Waals surface area contributed by atoms with Crippen LogP contribution in [0.3, 0.4) is 0 Å². The zero-order valence-corrected chi connectivity index (χ0v) is 12.3. The molecule has 9 nitrogen and oxygen atoms in total. The summed E-state index contributed by atoms with van der Waals surface area (Å²) in [5.41, 5.74) is 5.03. The van der Waals surface area contributed by atoms with Gasteiger partial charge in [-0.3, -0.25) is 10.1 Å². The number of nitro benzene ring substituents is 1. The van der Waals surface area contributed by atoms with Crippen LogP contribution in [0.4, 0.5) is 11.4 Å². The molecule has 1 heterocycles. The Balaban J connectivity index is 2.16. The van der Waals surface area contributed by atoms with Crippen LogP contribution in [-0.2, 0) is 10.0 Å². The highest BCUT2D eigenvalue weighted by Gasteiger charge is 2.23. The van der Waals surface area contributed by atoms with Crippen LogP contribution in [0, 0.1) is 10.1 Å². The second-order valence-electron chi connectivity index (χ2n) is 4.86. The molecule has 1 fully saturated rings. The number of anilines is 1. The molecule has 0 unspecified atom stereocenters. The Morgan fingerprint density at radius 1 is 1.29 bits per heavy atom. The lowest BCUT2D eigenvalue weighted by atomic mass is 10.3. The topological polar surface area (TPSA) is 122 Å². The zero-order chi connectivity index (χ0) is 15.6. The fraction of sp³-hybridized carbons (Fsp3) is 0.455. The Kier molecular flexibility index (Phi) is 4.42. The number of benzene rings is 1. The van der Waals surface area contributed by atoms with Crippen molar-refractivity contribution in [3.05, 3.63) is 28.3 Å². The molecule has 1 aliphatic heterocycles. The van der Waals surface area contributed by atoms with E-state index in [1.165, 1.54) is 6.07 Å². The van der Waals surface area contributed by atoms with E-state index in [-0.39, 0.29) is 16.3 Å². The van der Waals surface area contributed by atoms with Gasteiger partial charge in [0.2, 0.25) is 0 Å². The average molecular weight is 315 g/mol. The maximum absolute atomic E-state index is 12.2. The lowest BCUT2D eigenvalue weighted by Gasteiger charge is -2.32. The monoisotopic (exact) mass is 315 g/mol. The smallest absolute Gasteiger partial charge is 0.292 e. The first-order chi connectivity index (χ1) is 9.79. The molecule has 1 aromatic carbocycles. The van der Waals surface area contributed by atoms with Crippen molar-refractivity contribution in [2.75, 3.05) is 39.0 Å². The number of hydrogen-bond donors (Lipinski definition) is 2. The first-order valence-corrected chi connectivity index (χ1v) is 7.78. The number of hydrazine groups is 1. The molecule has 0 aliphatic carbocycles. The van der Waals surface area contributed by atoms with Crippen LogP contribution in [0.25, 0.3) is 0 Å². The number of piperazine rings is 1. The molecule has 1 aromatic rings. The van der Waals surface area contributed by atoms with Gasteiger partial charge < -0.3 is 10.6 Å². The average Bonchev–Trinajstić information content (AvgIpc) is 2.40. The van der Waals surface area contributed by atoms with Crippen LogP contribution < -0.4 is 10.6 Å². The third-order valence-corrected chi connectivity index (χ3v) is 4.63. The largest absolute Gasteiger partial charge is 0.393 e. The van der Waals surface area contributed by atoms with Crippen LogP contribution in [0.15, 0.2) is 23.1 Å². The second kappa shape index (κ2) is 5.93. The van der Waals surface area contributed by atoms with Crippen molar-refractivity contribution in [3.8, 4) is 0 Å². The quantitative estimate of drug-likeness (QED) is 0.441. The van der Waals surface area contributed by atoms with Gasteiger partial charge in [-0.15, -0.1) is 4.83 Å². The first kappa shape index (κ1) is 15.6. The lowest BCUT2D eigenvalue weighted by Crippen LogP contribution is -2.52. The van der Waals surface area contributed by atoms with Crippen molar-refractivity contribution in [1.29, 1.82) is 0 Å². The molecule has 116 valence electrons. The predicted molar refractivity (Wildman–Crippen MR) is 76.9 cm³/mol. The second-order valence-corrected chi connectivity index (χ2v) is 6.52. The van der Waals surface area contributed by atoms with Crippen molar-refractivity contribution in [2.45, 2.75) is 4.90 Å². The molecule has 0 amide bonds. The van der Waals surface area contributed by atoms with Gasteiger partial charge in [0.25, 0.3) is 15.7 Å². The van der Waals surface area contributed by atoms with Gasteiger partial charge in [-0.05, 0) is 19.2 Å². The summed E-state index contributed by atoms with van der Waals surface area (Å²) in [7, 11) is -1.83. The number of hydrogen-bond acceptors (Lipinski definition) is 7. The summed E-state index contributed by atoms with van der Waals surface area (Å²) in [4.78, 5) is 14.5. The zero-order valence-electron chi connectivity index (χ0n) is 11.5. The molecule has 21 heavy (non-hydrogen) atoms. The SMILES string of the molecule is CN1CCN(NS(=O)(=O)c2ccc([N+](=O)[O-])c(N)c2)CC1. The minimum atomic E-state index is -3.79. The number of nitrogens with two attached hydrogens (primary N) is 1. The molecule has 0 bridgehead atoms. The highest BCUT2D eigenvalue weighted by Crippen LogP contribution is 2.24. The van der Waals surface area contributed by atoms with Crippen molar-refractivity contribution >= 4 is 21.4 Å². The molecule has 0 aromatic heterocycles. The van der Waals surface area contributed by atoms with E-state index in [2.05, 4.69) is 9.73 Å². The molecule has 3 N–H and O–H groups in total. The van der Waals surface area contributed by atoms with Gasteiger partial charge in [0.1, 0.15) is 5.69 Å². The Morgan fingerprint density at radius 2 is 1.90 bits per heavy atom. The standard InChI is InChI=1S/C11H17N5O4S/c1-14-4-6-15(7-5-14)13-21(19,20)9-2-3-11(16(17)18)10(12)8-9/h2-3,8,13H,4-7,12H2,1H3. The number of nitrogens with one attached hydrogen (secondary N) is 1. The van der Waals surface area contributed by atoms with Gasteiger partial charge >= 0.3 is 0 Å². The maximum Gasteiger partial charge on any atom is 0.292 e. The normalized spacial score (nSPS) is 17.8. The van der Waals surface area contributed by atoms with Crippen LogP contribution in [0.1, 0.15) is 0 Å². The van der Waals surface area contributed by atoms with E-state index in [0.717, 1.165) is 25.2 Å². The molecule has 10 heteroatoms. The minimum Gasteiger partial charge on any atom is -0.393 e. The minimum absolute atomic E-state index is 0.0930. The number of rotatable bonds is 4. The summed E-state index contributed by atoms with van der Waals surface area (Å²) in [5, 5.41) is 12.3. The van der Waals surface area contributed by atoms with Crippen LogP contribution >= 0.6 is 0 Å². The van der Waals surface area contributed by atoms with Crippen molar-refractivity contribution in [3.63, 3.8) is 0 Å². The molecule has 0 atom stereocenters. The van der Waals surface area contributed by atoms with Gasteiger partial charge in [-0.2, -0.15) is 0 Å². The van der Waals surface area contributed by atoms with E-state index in [0.29, 0.717) is 13.1 Å². The predicted octanol–water partition coefficient (Wildman–Crippen LogP) is -0.382. The highest BCUT2D eigenvalue weighted by molar-refractivity contribution is 7.89. The summed E-state index contributed by atoms with van der Waals surface area (Å²) in [6, 6.07) is 3.36. The third-order valence-electron chi connectivity index (χ3n) is 3.26. The summed E-state index contributed by atoms with van der Waals surface area (Å²) >= 11 is 0. The van der Waals surface area contributed by atoms with Crippen molar-refractivity contribution < 1.29 is 13.3 Å². The number of likely N-dealkylation sites (N-methyl/N-ethyl adjacent to an activating group) is 1. The fourth-order valence-corrected chi connectivity index (χ4v) is 3.14. The summed E-state index contributed by atoms with van der Waals surface area (Å²) in [6.45, 7) is 2.65. The molecule has 1 saturated heterocycles.